The van der Waals surface area contributed by atoms with Gasteiger partial charge in [-0.1, -0.05) is 55.5 Å². The fourth-order valence-electron chi connectivity index (χ4n) is 2.20. The highest BCUT2D eigenvalue weighted by Gasteiger charge is 2.19. The zero-order chi connectivity index (χ0) is 8.97. The van der Waals surface area contributed by atoms with Gasteiger partial charge in [0.15, 0.2) is 0 Å². The molecule has 1 fully saturated rings. The van der Waals surface area contributed by atoms with E-state index >= 15 is 0 Å². The van der Waals surface area contributed by atoms with Crippen LogP contribution < -0.4 is 0 Å². The van der Waals surface area contributed by atoms with Crippen molar-refractivity contribution >= 4 is 15.9 Å². The van der Waals surface area contributed by atoms with Gasteiger partial charge < -0.3 is 0 Å². The third-order valence-electron chi connectivity index (χ3n) is 3.13. The fraction of sp³-hybridized carbons (Fsp3) is 1.00. The van der Waals surface area contributed by atoms with Crippen molar-refractivity contribution in [2.24, 2.45) is 17.8 Å². The average molecular weight is 233 g/mol. The molecule has 0 radical (unpaired) electrons. The lowest BCUT2D eigenvalue weighted by Crippen LogP contribution is -2.15. The maximum Gasteiger partial charge on any atom is 0.00571 e. The minimum atomic E-state index is 0.878. The number of hydrogen-bond acceptors (Lipinski definition) is 0. The summed E-state index contributed by atoms with van der Waals surface area (Å²) in [6.07, 6.45) is 7.36. The topological polar surface area (TPSA) is 0 Å². The molecule has 0 bridgehead atoms. The van der Waals surface area contributed by atoms with Crippen LogP contribution in [0.4, 0.5) is 0 Å². The number of alkyl halides is 1. The lowest BCUT2D eigenvalue weighted by molar-refractivity contribution is 0.258. The van der Waals surface area contributed by atoms with E-state index in [1.807, 2.05) is 0 Å². The molecule has 0 aromatic heterocycles. The van der Waals surface area contributed by atoms with Crippen LogP contribution in [0.25, 0.3) is 0 Å². The van der Waals surface area contributed by atoms with Gasteiger partial charge in [-0.2, -0.15) is 0 Å². The molecule has 0 spiro atoms. The first-order chi connectivity index (χ1) is 5.72. The molecule has 0 aliphatic heterocycles. The van der Waals surface area contributed by atoms with Crippen LogP contribution in [0, 0.1) is 17.8 Å². The molecule has 0 saturated heterocycles. The van der Waals surface area contributed by atoms with Gasteiger partial charge in [0.25, 0.3) is 0 Å². The first-order valence-corrected chi connectivity index (χ1v) is 6.40. The smallest absolute Gasteiger partial charge is 0.00571 e. The summed E-state index contributed by atoms with van der Waals surface area (Å²) in [5.41, 5.74) is 0. The van der Waals surface area contributed by atoms with Gasteiger partial charge in [-0.25, -0.2) is 0 Å². The van der Waals surface area contributed by atoms with Gasteiger partial charge in [-0.05, 0) is 24.2 Å². The lowest BCUT2D eigenvalue weighted by atomic mass is 9.79. The zero-order valence-corrected chi connectivity index (χ0v) is 9.94. The van der Waals surface area contributed by atoms with Gasteiger partial charge in [0.05, 0.1) is 0 Å². The standard InChI is InChI=1S/C11H21Br/c1-9-3-5-11(6-4-9)7-10(2)8-12/h9-11H,3-8H2,1-2H3. The normalized spacial score (nSPS) is 33.2. The van der Waals surface area contributed by atoms with Crippen molar-refractivity contribution < 1.29 is 0 Å². The summed E-state index contributed by atoms with van der Waals surface area (Å²) in [5.74, 6) is 2.91. The molecular formula is C11H21Br. The van der Waals surface area contributed by atoms with Crippen molar-refractivity contribution in [2.75, 3.05) is 5.33 Å². The Kier molecular flexibility index (Phi) is 4.63. The molecule has 1 aliphatic rings. The third-order valence-corrected chi connectivity index (χ3v) is 4.24. The molecule has 0 aromatic rings. The largest absolute Gasteiger partial charge is 0.0925 e. The van der Waals surface area contributed by atoms with Crippen molar-refractivity contribution in [2.45, 2.75) is 46.0 Å². The molecular weight excluding hydrogens is 212 g/mol. The van der Waals surface area contributed by atoms with Gasteiger partial charge in [0.2, 0.25) is 0 Å². The summed E-state index contributed by atoms with van der Waals surface area (Å²) in [5, 5.41) is 1.18. The highest BCUT2D eigenvalue weighted by atomic mass is 79.9. The molecule has 1 saturated carbocycles. The molecule has 0 N–H and O–H groups in total. The van der Waals surface area contributed by atoms with Crippen molar-refractivity contribution in [3.8, 4) is 0 Å². The Morgan fingerprint density at radius 2 is 1.83 bits per heavy atom. The summed E-state index contributed by atoms with van der Waals surface area (Å²) in [4.78, 5) is 0. The Hall–Kier alpha value is 0.480. The van der Waals surface area contributed by atoms with Crippen molar-refractivity contribution in [3.05, 3.63) is 0 Å². The predicted octanol–water partition coefficient (Wildman–Crippen LogP) is 4.23. The Morgan fingerprint density at radius 3 is 2.33 bits per heavy atom. The molecule has 0 heterocycles. The average Bonchev–Trinajstić information content (AvgIpc) is 2.09. The Morgan fingerprint density at radius 1 is 1.25 bits per heavy atom. The Labute approximate surface area is 85.3 Å². The van der Waals surface area contributed by atoms with Gasteiger partial charge in [-0.15, -0.1) is 0 Å². The van der Waals surface area contributed by atoms with Gasteiger partial charge in [-0.3, -0.25) is 0 Å². The van der Waals surface area contributed by atoms with E-state index in [1.54, 1.807) is 0 Å². The van der Waals surface area contributed by atoms with E-state index in [0.29, 0.717) is 0 Å². The Bertz CT molecular complexity index is 114. The van der Waals surface area contributed by atoms with E-state index in [9.17, 15) is 0 Å². The van der Waals surface area contributed by atoms with Gasteiger partial charge >= 0.3 is 0 Å². The second-order valence-corrected chi connectivity index (χ2v) is 5.27. The maximum absolute atomic E-state index is 3.55. The number of halogens is 1. The molecule has 0 amide bonds. The molecule has 0 aromatic carbocycles. The molecule has 1 rings (SSSR count). The van der Waals surface area contributed by atoms with E-state index in [-0.39, 0.29) is 0 Å². The van der Waals surface area contributed by atoms with Crippen LogP contribution in [0.15, 0.2) is 0 Å². The quantitative estimate of drug-likeness (QED) is 0.640. The van der Waals surface area contributed by atoms with Crippen LogP contribution in [-0.4, -0.2) is 5.33 Å². The highest BCUT2D eigenvalue weighted by Crippen LogP contribution is 2.32. The van der Waals surface area contributed by atoms with Gasteiger partial charge in [0.1, 0.15) is 0 Å². The lowest BCUT2D eigenvalue weighted by Gasteiger charge is -2.27. The summed E-state index contributed by atoms with van der Waals surface area (Å²) in [6.45, 7) is 4.75. The first-order valence-electron chi connectivity index (χ1n) is 5.28. The van der Waals surface area contributed by atoms with Crippen LogP contribution in [0.3, 0.4) is 0 Å². The van der Waals surface area contributed by atoms with Crippen molar-refractivity contribution in [1.82, 2.24) is 0 Å². The molecule has 0 nitrogen and oxygen atoms in total. The van der Waals surface area contributed by atoms with Crippen LogP contribution in [-0.2, 0) is 0 Å². The third kappa shape index (κ3) is 3.47. The number of hydrogen-bond donors (Lipinski definition) is 0. The highest BCUT2D eigenvalue weighted by molar-refractivity contribution is 9.09. The molecule has 72 valence electrons. The van der Waals surface area contributed by atoms with Crippen molar-refractivity contribution in [1.29, 1.82) is 0 Å². The van der Waals surface area contributed by atoms with E-state index in [2.05, 4.69) is 29.8 Å². The maximum atomic E-state index is 3.55. The summed E-state index contributed by atoms with van der Waals surface area (Å²) < 4.78 is 0. The zero-order valence-electron chi connectivity index (χ0n) is 8.35. The second kappa shape index (κ2) is 5.26. The van der Waals surface area contributed by atoms with E-state index in [0.717, 1.165) is 17.8 Å². The fourth-order valence-corrected chi connectivity index (χ4v) is 2.46. The molecule has 1 aliphatic carbocycles. The minimum absolute atomic E-state index is 0.878. The van der Waals surface area contributed by atoms with E-state index in [1.165, 1.54) is 37.4 Å². The van der Waals surface area contributed by atoms with Crippen molar-refractivity contribution in [3.63, 3.8) is 0 Å². The number of rotatable bonds is 3. The second-order valence-electron chi connectivity index (χ2n) is 4.62. The SMILES string of the molecule is CC1CCC(CC(C)CBr)CC1. The van der Waals surface area contributed by atoms with Crippen LogP contribution in [0.5, 0.6) is 0 Å². The van der Waals surface area contributed by atoms with E-state index in [4.69, 9.17) is 0 Å². The van der Waals surface area contributed by atoms with Crippen LogP contribution in [0.2, 0.25) is 0 Å². The first kappa shape index (κ1) is 10.6. The molecule has 12 heavy (non-hydrogen) atoms. The summed E-state index contributed by atoms with van der Waals surface area (Å²) in [6, 6.07) is 0. The molecule has 1 unspecified atom stereocenters. The van der Waals surface area contributed by atoms with Crippen LogP contribution in [0.1, 0.15) is 46.0 Å². The van der Waals surface area contributed by atoms with Crippen LogP contribution >= 0.6 is 15.9 Å². The molecule has 1 atom stereocenters. The summed E-state index contributed by atoms with van der Waals surface area (Å²) >= 11 is 3.55. The summed E-state index contributed by atoms with van der Waals surface area (Å²) in [7, 11) is 0. The van der Waals surface area contributed by atoms with E-state index < -0.39 is 0 Å². The molecule has 1 heteroatoms. The Balaban J connectivity index is 2.17. The van der Waals surface area contributed by atoms with Gasteiger partial charge in [0, 0.05) is 5.33 Å². The monoisotopic (exact) mass is 232 g/mol. The minimum Gasteiger partial charge on any atom is -0.0925 e. The predicted molar refractivity (Wildman–Crippen MR) is 58.7 cm³/mol.